The van der Waals surface area contributed by atoms with E-state index in [9.17, 15) is 4.79 Å². The lowest BCUT2D eigenvalue weighted by atomic mass is 10.0. The third kappa shape index (κ3) is 9.52. The molecule has 0 radical (unpaired) electrons. The summed E-state index contributed by atoms with van der Waals surface area (Å²) in [7, 11) is -1.79. The number of hydrogen-bond donors (Lipinski definition) is 2. The first-order chi connectivity index (χ1) is 14.2. The van der Waals surface area contributed by atoms with Crippen molar-refractivity contribution in [3.63, 3.8) is 0 Å². The van der Waals surface area contributed by atoms with Crippen molar-refractivity contribution < 1.29 is 18.7 Å². The van der Waals surface area contributed by atoms with Gasteiger partial charge in [0.1, 0.15) is 18.0 Å². The Hall–Kier alpha value is -1.73. The Bertz CT molecular complexity index is 709. The predicted octanol–water partition coefficient (Wildman–Crippen LogP) is 5.91. The standard InChI is InChI=1S/C24H44N2O4Si/c1-10-18(26-22(27)30-23(2,3)4)14-15-19-20(25)12-11-13-21(19)28-16-17-29-31(8,9)24(5,6)7/h11-13,18H,10,14-17,25H2,1-9H3,(H,26,27)/t18-/m1/s1. The summed E-state index contributed by atoms with van der Waals surface area (Å²) in [5.41, 5.74) is 7.41. The number of hydrogen-bond acceptors (Lipinski definition) is 5. The van der Waals surface area contributed by atoms with Gasteiger partial charge in [-0.2, -0.15) is 0 Å². The van der Waals surface area contributed by atoms with Crippen LogP contribution in [-0.2, 0) is 15.6 Å². The molecule has 0 unspecified atom stereocenters. The summed E-state index contributed by atoms with van der Waals surface area (Å²) in [6, 6.07) is 5.74. The van der Waals surface area contributed by atoms with Crippen molar-refractivity contribution in [1.29, 1.82) is 0 Å². The molecule has 0 bridgehead atoms. The Morgan fingerprint density at radius 1 is 1.13 bits per heavy atom. The van der Waals surface area contributed by atoms with Crippen molar-refractivity contribution in [2.45, 2.75) is 97.5 Å². The van der Waals surface area contributed by atoms with Gasteiger partial charge in [-0.25, -0.2) is 4.79 Å². The van der Waals surface area contributed by atoms with Gasteiger partial charge in [0.15, 0.2) is 8.32 Å². The number of carbonyl (C=O) groups excluding carboxylic acids is 1. The molecular weight excluding hydrogens is 408 g/mol. The molecule has 178 valence electrons. The zero-order valence-electron chi connectivity index (χ0n) is 21.1. The number of benzene rings is 1. The van der Waals surface area contributed by atoms with Gasteiger partial charge in [0, 0.05) is 17.3 Å². The maximum absolute atomic E-state index is 12.1. The maximum atomic E-state index is 12.1. The van der Waals surface area contributed by atoms with E-state index in [2.05, 4.69) is 39.2 Å². The molecule has 0 heterocycles. The molecule has 1 rings (SSSR count). The molecule has 0 aliphatic heterocycles. The highest BCUT2D eigenvalue weighted by atomic mass is 28.4. The molecule has 0 saturated heterocycles. The molecule has 0 aliphatic rings. The lowest BCUT2D eigenvalue weighted by molar-refractivity contribution is 0.0500. The summed E-state index contributed by atoms with van der Waals surface area (Å²) in [6.07, 6.45) is 1.88. The fraction of sp³-hybridized carbons (Fsp3) is 0.708. The van der Waals surface area contributed by atoms with Gasteiger partial charge in [-0.3, -0.25) is 0 Å². The monoisotopic (exact) mass is 452 g/mol. The zero-order valence-corrected chi connectivity index (χ0v) is 22.1. The van der Waals surface area contributed by atoms with E-state index in [0.29, 0.717) is 25.3 Å². The summed E-state index contributed by atoms with van der Waals surface area (Å²) in [5.74, 6) is 0.783. The number of amides is 1. The van der Waals surface area contributed by atoms with E-state index in [4.69, 9.17) is 19.6 Å². The van der Waals surface area contributed by atoms with Crippen LogP contribution in [0.4, 0.5) is 10.5 Å². The minimum Gasteiger partial charge on any atom is -0.491 e. The van der Waals surface area contributed by atoms with Crippen molar-refractivity contribution in [2.75, 3.05) is 18.9 Å². The van der Waals surface area contributed by atoms with Crippen molar-refractivity contribution in [3.05, 3.63) is 23.8 Å². The second-order valence-corrected chi connectivity index (χ2v) is 15.4. The Labute approximate surface area is 190 Å². The van der Waals surface area contributed by atoms with Gasteiger partial charge in [0.2, 0.25) is 0 Å². The molecule has 1 aromatic carbocycles. The number of anilines is 1. The van der Waals surface area contributed by atoms with E-state index < -0.39 is 13.9 Å². The lowest BCUT2D eigenvalue weighted by Crippen LogP contribution is -2.41. The van der Waals surface area contributed by atoms with Crippen LogP contribution >= 0.6 is 0 Å². The highest BCUT2D eigenvalue weighted by Gasteiger charge is 2.36. The summed E-state index contributed by atoms with van der Waals surface area (Å²) >= 11 is 0. The second kappa shape index (κ2) is 11.2. The van der Waals surface area contributed by atoms with E-state index in [1.165, 1.54) is 0 Å². The Morgan fingerprint density at radius 2 is 1.77 bits per heavy atom. The van der Waals surface area contributed by atoms with Crippen LogP contribution < -0.4 is 15.8 Å². The highest BCUT2D eigenvalue weighted by molar-refractivity contribution is 6.74. The molecule has 1 atom stereocenters. The molecule has 3 N–H and O–H groups in total. The summed E-state index contributed by atoms with van der Waals surface area (Å²) in [6.45, 7) is 19.8. The largest absolute Gasteiger partial charge is 0.491 e. The molecule has 1 aromatic rings. The highest BCUT2D eigenvalue weighted by Crippen LogP contribution is 2.36. The van der Waals surface area contributed by atoms with E-state index in [0.717, 1.165) is 24.2 Å². The minimum absolute atomic E-state index is 0.00391. The SMILES string of the molecule is CC[C@H](CCc1c(N)cccc1OCCO[Si](C)(C)C(C)(C)C)NC(=O)OC(C)(C)C. The smallest absolute Gasteiger partial charge is 0.407 e. The number of nitrogen functional groups attached to an aromatic ring is 1. The van der Waals surface area contributed by atoms with Crippen molar-refractivity contribution in [1.82, 2.24) is 5.32 Å². The first-order valence-electron chi connectivity index (χ1n) is 11.3. The number of carbonyl (C=O) groups is 1. The van der Waals surface area contributed by atoms with E-state index >= 15 is 0 Å². The van der Waals surface area contributed by atoms with Gasteiger partial charge in [-0.05, 0) is 70.3 Å². The maximum Gasteiger partial charge on any atom is 0.407 e. The summed E-state index contributed by atoms with van der Waals surface area (Å²) < 4.78 is 17.6. The topological polar surface area (TPSA) is 82.8 Å². The normalized spacial score (nSPS) is 13.6. The fourth-order valence-corrected chi connectivity index (χ4v) is 3.85. The number of nitrogens with one attached hydrogen (secondary N) is 1. The average Bonchev–Trinajstić information content (AvgIpc) is 2.61. The van der Waals surface area contributed by atoms with Gasteiger partial charge < -0.3 is 25.0 Å². The molecule has 1 amide bonds. The van der Waals surface area contributed by atoms with Crippen LogP contribution in [0.3, 0.4) is 0 Å². The predicted molar refractivity (Wildman–Crippen MR) is 131 cm³/mol. The minimum atomic E-state index is -1.79. The first kappa shape index (κ1) is 27.3. The van der Waals surface area contributed by atoms with Gasteiger partial charge in [-0.15, -0.1) is 0 Å². The van der Waals surface area contributed by atoms with Crippen LogP contribution in [0.5, 0.6) is 5.75 Å². The molecule has 7 heteroatoms. The molecule has 0 spiro atoms. The van der Waals surface area contributed by atoms with Crippen LogP contribution in [-0.4, -0.2) is 39.3 Å². The van der Waals surface area contributed by atoms with Gasteiger partial charge in [-0.1, -0.05) is 33.8 Å². The Balaban J connectivity index is 2.68. The van der Waals surface area contributed by atoms with Gasteiger partial charge in [0.05, 0.1) is 6.61 Å². The van der Waals surface area contributed by atoms with Crippen LogP contribution in [0.25, 0.3) is 0 Å². The van der Waals surface area contributed by atoms with E-state index in [-0.39, 0.29) is 17.2 Å². The number of nitrogens with two attached hydrogens (primary N) is 1. The number of ether oxygens (including phenoxy) is 2. The van der Waals surface area contributed by atoms with Crippen molar-refractivity contribution in [3.8, 4) is 5.75 Å². The summed E-state index contributed by atoms with van der Waals surface area (Å²) in [4.78, 5) is 12.1. The molecule has 0 fully saturated rings. The zero-order chi connectivity index (χ0) is 23.9. The van der Waals surface area contributed by atoms with Crippen molar-refractivity contribution >= 4 is 20.1 Å². The van der Waals surface area contributed by atoms with Crippen LogP contribution in [0.1, 0.15) is 66.9 Å². The van der Waals surface area contributed by atoms with E-state index in [1.54, 1.807) is 0 Å². The average molecular weight is 453 g/mol. The third-order valence-electron chi connectivity index (χ3n) is 5.74. The quantitative estimate of drug-likeness (QED) is 0.262. The van der Waals surface area contributed by atoms with Gasteiger partial charge in [0.25, 0.3) is 0 Å². The lowest BCUT2D eigenvalue weighted by Gasteiger charge is -2.36. The van der Waals surface area contributed by atoms with Crippen LogP contribution in [0, 0.1) is 0 Å². The van der Waals surface area contributed by atoms with Crippen LogP contribution in [0.15, 0.2) is 18.2 Å². The van der Waals surface area contributed by atoms with Gasteiger partial charge >= 0.3 is 6.09 Å². The van der Waals surface area contributed by atoms with Crippen LogP contribution in [0.2, 0.25) is 18.1 Å². The fourth-order valence-electron chi connectivity index (χ4n) is 2.82. The molecule has 0 aliphatic carbocycles. The van der Waals surface area contributed by atoms with Crippen molar-refractivity contribution in [2.24, 2.45) is 0 Å². The van der Waals surface area contributed by atoms with E-state index in [1.807, 2.05) is 45.9 Å². The Kier molecular flexibility index (Phi) is 9.89. The number of rotatable bonds is 10. The molecule has 0 aromatic heterocycles. The molecule has 31 heavy (non-hydrogen) atoms. The molecule has 0 saturated carbocycles. The second-order valence-electron chi connectivity index (χ2n) is 10.6. The number of alkyl carbamates (subject to hydrolysis) is 1. The first-order valence-corrected chi connectivity index (χ1v) is 14.2. The molecular formula is C24H44N2O4Si. The third-order valence-corrected chi connectivity index (χ3v) is 10.3. The molecule has 6 nitrogen and oxygen atoms in total. The Morgan fingerprint density at radius 3 is 2.32 bits per heavy atom. The summed E-state index contributed by atoms with van der Waals surface area (Å²) in [5, 5.41) is 3.13.